The van der Waals surface area contributed by atoms with E-state index in [-0.39, 0.29) is 22.8 Å². The molecule has 5 nitrogen and oxygen atoms in total. The smallest absolute Gasteiger partial charge is 0.255 e. The lowest BCUT2D eigenvalue weighted by Gasteiger charge is -2.07. The third-order valence-electron chi connectivity index (χ3n) is 2.69. The lowest BCUT2D eigenvalue weighted by Crippen LogP contribution is -2.12. The summed E-state index contributed by atoms with van der Waals surface area (Å²) < 4.78 is 0. The number of anilines is 1. The minimum absolute atomic E-state index is 0.101. The number of nitrogens with one attached hydrogen (secondary N) is 1. The van der Waals surface area contributed by atoms with Gasteiger partial charge in [-0.2, -0.15) is 0 Å². The van der Waals surface area contributed by atoms with Crippen LogP contribution in [0, 0.1) is 0 Å². The summed E-state index contributed by atoms with van der Waals surface area (Å²) in [6.07, 6.45) is 0. The lowest BCUT2D eigenvalue weighted by atomic mass is 10.1. The molecule has 2 rings (SSSR count). The van der Waals surface area contributed by atoms with Gasteiger partial charge in [0.2, 0.25) is 0 Å². The fourth-order valence-corrected chi connectivity index (χ4v) is 1.75. The molecule has 0 spiro atoms. The highest BCUT2D eigenvalue weighted by atomic mass is 16.3. The second-order valence-corrected chi connectivity index (χ2v) is 4.33. The highest BCUT2D eigenvalue weighted by molar-refractivity contribution is 6.05. The van der Waals surface area contributed by atoms with Crippen molar-refractivity contribution in [2.75, 3.05) is 5.32 Å². The fourth-order valence-electron chi connectivity index (χ4n) is 1.75. The summed E-state index contributed by atoms with van der Waals surface area (Å²) in [4.78, 5) is 23.2. The molecule has 0 saturated carbocycles. The van der Waals surface area contributed by atoms with Gasteiger partial charge < -0.3 is 15.5 Å². The molecule has 3 N–H and O–H groups in total. The first-order valence-corrected chi connectivity index (χ1v) is 5.91. The molecule has 0 aliphatic carbocycles. The number of carbonyl (C=O) groups is 2. The molecule has 0 aliphatic rings. The van der Waals surface area contributed by atoms with Crippen LogP contribution in [0.5, 0.6) is 11.5 Å². The molecule has 0 bridgehead atoms. The average molecular weight is 271 g/mol. The van der Waals surface area contributed by atoms with Crippen molar-refractivity contribution in [3.63, 3.8) is 0 Å². The third-order valence-corrected chi connectivity index (χ3v) is 2.69. The molecule has 0 heterocycles. The predicted molar refractivity (Wildman–Crippen MR) is 74.2 cm³/mol. The zero-order valence-electron chi connectivity index (χ0n) is 10.8. The first kappa shape index (κ1) is 13.6. The van der Waals surface area contributed by atoms with E-state index in [4.69, 9.17) is 0 Å². The third kappa shape index (κ3) is 3.14. The Morgan fingerprint density at radius 1 is 0.950 bits per heavy atom. The van der Waals surface area contributed by atoms with Crippen LogP contribution in [0.2, 0.25) is 0 Å². The van der Waals surface area contributed by atoms with E-state index in [0.717, 1.165) is 6.07 Å². The van der Waals surface area contributed by atoms with E-state index in [2.05, 4.69) is 5.32 Å². The van der Waals surface area contributed by atoms with Gasteiger partial charge >= 0.3 is 0 Å². The van der Waals surface area contributed by atoms with Gasteiger partial charge in [0.15, 0.2) is 5.78 Å². The number of benzene rings is 2. The van der Waals surface area contributed by atoms with Crippen LogP contribution >= 0.6 is 0 Å². The maximum atomic E-state index is 12.0. The highest BCUT2D eigenvalue weighted by Crippen LogP contribution is 2.21. The highest BCUT2D eigenvalue weighted by Gasteiger charge is 2.09. The monoisotopic (exact) mass is 271 g/mol. The molecule has 5 heteroatoms. The zero-order chi connectivity index (χ0) is 14.7. The minimum Gasteiger partial charge on any atom is -0.508 e. The van der Waals surface area contributed by atoms with Crippen LogP contribution < -0.4 is 5.32 Å². The number of carbonyl (C=O) groups excluding carboxylic acids is 2. The van der Waals surface area contributed by atoms with Crippen molar-refractivity contribution < 1.29 is 19.8 Å². The first-order valence-electron chi connectivity index (χ1n) is 5.91. The number of amides is 1. The molecular weight excluding hydrogens is 258 g/mol. The molecule has 0 saturated heterocycles. The summed E-state index contributed by atoms with van der Waals surface area (Å²) in [6.45, 7) is 1.44. The molecule has 2 aromatic carbocycles. The Hall–Kier alpha value is -2.82. The standard InChI is InChI=1S/C15H13NO4/c1-9(17)10-3-2-4-12(5-10)16-15(20)11-6-13(18)8-14(19)7-11/h2-8,18-19H,1H3,(H,16,20). The summed E-state index contributed by atoms with van der Waals surface area (Å²) in [5.41, 5.74) is 1.07. The maximum Gasteiger partial charge on any atom is 0.255 e. The largest absolute Gasteiger partial charge is 0.508 e. The number of hydrogen-bond donors (Lipinski definition) is 3. The second kappa shape index (κ2) is 5.44. The van der Waals surface area contributed by atoms with Crippen molar-refractivity contribution in [1.82, 2.24) is 0 Å². The Kier molecular flexibility index (Phi) is 3.70. The lowest BCUT2D eigenvalue weighted by molar-refractivity contribution is 0.101. The number of ketones is 1. The van der Waals surface area contributed by atoms with E-state index in [9.17, 15) is 19.8 Å². The molecule has 0 aliphatic heterocycles. The summed E-state index contributed by atoms with van der Waals surface area (Å²) in [5, 5.41) is 21.3. The SMILES string of the molecule is CC(=O)c1cccc(NC(=O)c2cc(O)cc(O)c2)c1. The van der Waals surface area contributed by atoms with E-state index in [0.29, 0.717) is 11.3 Å². The Bertz CT molecular complexity index is 659. The molecule has 0 fully saturated rings. The molecule has 102 valence electrons. The summed E-state index contributed by atoms with van der Waals surface area (Å²) in [5.74, 6) is -0.992. The van der Waals surface area contributed by atoms with Crippen molar-refractivity contribution in [2.24, 2.45) is 0 Å². The maximum absolute atomic E-state index is 12.0. The minimum atomic E-state index is -0.489. The Balaban J connectivity index is 2.23. The van der Waals surface area contributed by atoms with Crippen molar-refractivity contribution in [1.29, 1.82) is 0 Å². The van der Waals surface area contributed by atoms with Crippen LogP contribution in [0.4, 0.5) is 5.69 Å². The van der Waals surface area contributed by atoms with Crippen LogP contribution in [0.1, 0.15) is 27.6 Å². The van der Waals surface area contributed by atoms with Crippen molar-refractivity contribution >= 4 is 17.4 Å². The van der Waals surface area contributed by atoms with E-state index >= 15 is 0 Å². The topological polar surface area (TPSA) is 86.6 Å². The van der Waals surface area contributed by atoms with Gasteiger partial charge in [0.25, 0.3) is 5.91 Å². The van der Waals surface area contributed by atoms with Crippen molar-refractivity contribution in [3.05, 3.63) is 53.6 Å². The van der Waals surface area contributed by atoms with Crippen LogP contribution in [0.3, 0.4) is 0 Å². The van der Waals surface area contributed by atoms with Gasteiger partial charge in [-0.15, -0.1) is 0 Å². The van der Waals surface area contributed by atoms with E-state index in [1.54, 1.807) is 24.3 Å². The Morgan fingerprint density at radius 2 is 1.60 bits per heavy atom. The van der Waals surface area contributed by atoms with Crippen LogP contribution in [0.15, 0.2) is 42.5 Å². The van der Waals surface area contributed by atoms with Gasteiger partial charge in [-0.25, -0.2) is 0 Å². The van der Waals surface area contributed by atoms with E-state index in [1.807, 2.05) is 0 Å². The Labute approximate surface area is 115 Å². The number of phenolic OH excluding ortho intramolecular Hbond substituents is 2. The molecular formula is C15H13NO4. The summed E-state index contributed by atoms with van der Waals surface area (Å²) in [7, 11) is 0. The molecule has 0 aromatic heterocycles. The average Bonchev–Trinajstić information content (AvgIpc) is 2.37. The number of phenols is 2. The van der Waals surface area contributed by atoms with Crippen molar-refractivity contribution in [2.45, 2.75) is 6.92 Å². The van der Waals surface area contributed by atoms with Gasteiger partial charge in [0.1, 0.15) is 11.5 Å². The molecule has 1 amide bonds. The number of aromatic hydroxyl groups is 2. The van der Waals surface area contributed by atoms with Crippen LogP contribution in [0.25, 0.3) is 0 Å². The molecule has 0 atom stereocenters. The van der Waals surface area contributed by atoms with E-state index in [1.165, 1.54) is 19.1 Å². The first-order chi connectivity index (χ1) is 9.45. The number of Topliss-reactive ketones (excluding diaryl/α,β-unsaturated/α-hetero) is 1. The summed E-state index contributed by atoms with van der Waals surface area (Å²) in [6, 6.07) is 10.1. The quantitative estimate of drug-likeness (QED) is 0.749. The number of rotatable bonds is 3. The van der Waals surface area contributed by atoms with Gasteiger partial charge in [-0.3, -0.25) is 9.59 Å². The fraction of sp³-hybridized carbons (Fsp3) is 0.0667. The van der Waals surface area contributed by atoms with Gasteiger partial charge in [-0.1, -0.05) is 12.1 Å². The molecule has 0 unspecified atom stereocenters. The summed E-state index contributed by atoms with van der Waals surface area (Å²) >= 11 is 0. The van der Waals surface area contributed by atoms with Crippen molar-refractivity contribution in [3.8, 4) is 11.5 Å². The Morgan fingerprint density at radius 3 is 2.20 bits per heavy atom. The molecule has 0 radical (unpaired) electrons. The van der Waals surface area contributed by atoms with Crippen LogP contribution in [-0.4, -0.2) is 21.9 Å². The van der Waals surface area contributed by atoms with E-state index < -0.39 is 5.91 Å². The van der Waals surface area contributed by atoms with Gasteiger partial charge in [0.05, 0.1) is 0 Å². The van der Waals surface area contributed by atoms with Gasteiger partial charge in [0, 0.05) is 22.9 Å². The van der Waals surface area contributed by atoms with Gasteiger partial charge in [-0.05, 0) is 31.2 Å². The zero-order valence-corrected chi connectivity index (χ0v) is 10.8. The van der Waals surface area contributed by atoms with Crippen LogP contribution in [-0.2, 0) is 0 Å². The molecule has 20 heavy (non-hydrogen) atoms. The predicted octanol–water partition coefficient (Wildman–Crippen LogP) is 2.55. The normalized spacial score (nSPS) is 10.1. The number of hydrogen-bond acceptors (Lipinski definition) is 4. The molecule has 2 aromatic rings. The second-order valence-electron chi connectivity index (χ2n) is 4.33.